The fourth-order valence-corrected chi connectivity index (χ4v) is 1.95. The van der Waals surface area contributed by atoms with Crippen LogP contribution in [0.25, 0.3) is 11.0 Å². The van der Waals surface area contributed by atoms with Gasteiger partial charge in [0.25, 0.3) is 0 Å². The molecule has 1 heterocycles. The maximum atomic E-state index is 5.72. The van der Waals surface area contributed by atoms with Crippen LogP contribution in [0.4, 0.5) is 0 Å². The van der Waals surface area contributed by atoms with Gasteiger partial charge in [0, 0.05) is 5.88 Å². The summed E-state index contributed by atoms with van der Waals surface area (Å²) in [6.45, 7) is 2.03. The highest BCUT2D eigenvalue weighted by Crippen LogP contribution is 2.19. The van der Waals surface area contributed by atoms with Crippen LogP contribution in [-0.2, 0) is 5.88 Å². The summed E-state index contributed by atoms with van der Waals surface area (Å²) in [7, 11) is 0. The van der Waals surface area contributed by atoms with E-state index in [0.717, 1.165) is 22.2 Å². The van der Waals surface area contributed by atoms with E-state index in [-0.39, 0.29) is 0 Å². The van der Waals surface area contributed by atoms with E-state index in [0.29, 0.717) is 5.88 Å². The molecule has 2 aromatic rings. The molecule has 12 heavy (non-hydrogen) atoms. The van der Waals surface area contributed by atoms with Gasteiger partial charge in [-0.05, 0) is 24.1 Å². The molecule has 0 saturated carbocycles. The molecular formula is C8H7ClN2S. The van der Waals surface area contributed by atoms with Gasteiger partial charge in [-0.2, -0.15) is 8.75 Å². The van der Waals surface area contributed by atoms with Crippen molar-refractivity contribution < 1.29 is 0 Å². The van der Waals surface area contributed by atoms with Crippen LogP contribution in [0.2, 0.25) is 0 Å². The Morgan fingerprint density at radius 3 is 3.00 bits per heavy atom. The molecule has 2 nitrogen and oxygen atoms in total. The summed E-state index contributed by atoms with van der Waals surface area (Å²) in [4.78, 5) is 0. The first-order valence-electron chi connectivity index (χ1n) is 3.59. The van der Waals surface area contributed by atoms with Gasteiger partial charge in [-0.1, -0.05) is 6.07 Å². The molecule has 0 radical (unpaired) electrons. The number of nitrogens with zero attached hydrogens (tertiary/aromatic N) is 2. The first kappa shape index (κ1) is 7.95. The lowest BCUT2D eigenvalue weighted by molar-refractivity contribution is 1.36. The fourth-order valence-electron chi connectivity index (χ4n) is 1.20. The highest BCUT2D eigenvalue weighted by molar-refractivity contribution is 7.00. The van der Waals surface area contributed by atoms with Crippen LogP contribution in [0.1, 0.15) is 11.1 Å². The van der Waals surface area contributed by atoms with E-state index in [1.54, 1.807) is 0 Å². The summed E-state index contributed by atoms with van der Waals surface area (Å²) in [6.07, 6.45) is 0. The minimum absolute atomic E-state index is 0.536. The number of halogens is 1. The van der Waals surface area contributed by atoms with Crippen molar-refractivity contribution in [2.24, 2.45) is 0 Å². The van der Waals surface area contributed by atoms with Gasteiger partial charge in [-0.25, -0.2) is 0 Å². The smallest absolute Gasteiger partial charge is 0.107 e. The zero-order valence-corrected chi connectivity index (χ0v) is 8.11. The van der Waals surface area contributed by atoms with Crippen molar-refractivity contribution in [2.45, 2.75) is 12.8 Å². The van der Waals surface area contributed by atoms with Crippen molar-refractivity contribution in [3.63, 3.8) is 0 Å². The van der Waals surface area contributed by atoms with Gasteiger partial charge in [0.1, 0.15) is 11.0 Å². The Labute approximate surface area is 79.5 Å². The molecule has 0 bridgehead atoms. The molecule has 0 fully saturated rings. The van der Waals surface area contributed by atoms with E-state index in [9.17, 15) is 0 Å². The molecule has 0 spiro atoms. The average Bonchev–Trinajstić information content (AvgIpc) is 2.52. The monoisotopic (exact) mass is 198 g/mol. The largest absolute Gasteiger partial charge is 0.173 e. The minimum Gasteiger partial charge on any atom is -0.173 e. The topological polar surface area (TPSA) is 25.8 Å². The lowest BCUT2D eigenvalue weighted by Gasteiger charge is -1.97. The Balaban J connectivity index is 2.75. The van der Waals surface area contributed by atoms with Crippen LogP contribution < -0.4 is 0 Å². The van der Waals surface area contributed by atoms with Gasteiger partial charge in [-0.3, -0.25) is 0 Å². The highest BCUT2D eigenvalue weighted by atomic mass is 35.5. The minimum atomic E-state index is 0.536. The van der Waals surface area contributed by atoms with Crippen LogP contribution in [0, 0.1) is 6.92 Å². The first-order chi connectivity index (χ1) is 5.81. The molecule has 0 saturated heterocycles. The van der Waals surface area contributed by atoms with Crippen LogP contribution in [0.15, 0.2) is 12.1 Å². The van der Waals surface area contributed by atoms with E-state index in [1.807, 2.05) is 13.0 Å². The standard InChI is InChI=1S/C8H7ClN2S/c1-5-2-6(4-9)3-7-8(5)11-12-10-7/h2-3H,4H2,1H3. The van der Waals surface area contributed by atoms with Crippen molar-refractivity contribution in [1.82, 2.24) is 8.75 Å². The van der Waals surface area contributed by atoms with Crippen molar-refractivity contribution in [2.75, 3.05) is 0 Å². The molecular weight excluding hydrogens is 192 g/mol. The summed E-state index contributed by atoms with van der Waals surface area (Å²) in [6, 6.07) is 4.04. The summed E-state index contributed by atoms with van der Waals surface area (Å²) < 4.78 is 8.34. The summed E-state index contributed by atoms with van der Waals surface area (Å²) in [5.41, 5.74) is 4.20. The Kier molecular flexibility index (Phi) is 1.98. The second-order valence-electron chi connectivity index (χ2n) is 2.68. The van der Waals surface area contributed by atoms with E-state index >= 15 is 0 Å². The zero-order valence-electron chi connectivity index (χ0n) is 6.54. The third-order valence-corrected chi connectivity index (χ3v) is 2.62. The SMILES string of the molecule is Cc1cc(CCl)cc2nsnc12. The number of fused-ring (bicyclic) bond motifs is 1. The Morgan fingerprint density at radius 2 is 2.25 bits per heavy atom. The Bertz CT molecular complexity index is 410. The van der Waals surface area contributed by atoms with E-state index in [4.69, 9.17) is 11.6 Å². The Morgan fingerprint density at radius 1 is 1.42 bits per heavy atom. The molecule has 62 valence electrons. The van der Waals surface area contributed by atoms with Crippen molar-refractivity contribution in [3.05, 3.63) is 23.3 Å². The normalized spacial score (nSPS) is 10.8. The summed E-state index contributed by atoms with van der Waals surface area (Å²) >= 11 is 6.96. The van der Waals surface area contributed by atoms with Crippen molar-refractivity contribution in [3.8, 4) is 0 Å². The van der Waals surface area contributed by atoms with Gasteiger partial charge in [-0.15, -0.1) is 11.6 Å². The van der Waals surface area contributed by atoms with Gasteiger partial charge >= 0.3 is 0 Å². The number of alkyl halides is 1. The number of benzene rings is 1. The maximum Gasteiger partial charge on any atom is 0.107 e. The van der Waals surface area contributed by atoms with Gasteiger partial charge in [0.2, 0.25) is 0 Å². The van der Waals surface area contributed by atoms with E-state index in [1.165, 1.54) is 11.7 Å². The van der Waals surface area contributed by atoms with E-state index < -0.39 is 0 Å². The predicted molar refractivity (Wildman–Crippen MR) is 51.7 cm³/mol. The number of rotatable bonds is 1. The molecule has 0 unspecified atom stereocenters. The maximum absolute atomic E-state index is 5.72. The van der Waals surface area contributed by atoms with Gasteiger partial charge < -0.3 is 0 Å². The molecule has 0 aliphatic heterocycles. The lowest BCUT2D eigenvalue weighted by Crippen LogP contribution is -1.82. The van der Waals surface area contributed by atoms with E-state index in [2.05, 4.69) is 14.8 Å². The fraction of sp³-hybridized carbons (Fsp3) is 0.250. The molecule has 2 rings (SSSR count). The predicted octanol–water partition coefficient (Wildman–Crippen LogP) is 2.74. The number of hydrogen-bond donors (Lipinski definition) is 0. The van der Waals surface area contributed by atoms with Crippen LogP contribution in [0.5, 0.6) is 0 Å². The molecule has 1 aromatic heterocycles. The lowest BCUT2D eigenvalue weighted by atomic mass is 10.1. The molecule has 0 N–H and O–H groups in total. The van der Waals surface area contributed by atoms with Crippen molar-refractivity contribution in [1.29, 1.82) is 0 Å². The number of aromatic nitrogens is 2. The number of aryl methyl sites for hydroxylation is 1. The average molecular weight is 199 g/mol. The second-order valence-corrected chi connectivity index (χ2v) is 3.47. The highest BCUT2D eigenvalue weighted by Gasteiger charge is 2.03. The van der Waals surface area contributed by atoms with Crippen LogP contribution in [-0.4, -0.2) is 8.75 Å². The molecule has 4 heteroatoms. The zero-order chi connectivity index (χ0) is 8.55. The number of hydrogen-bond acceptors (Lipinski definition) is 3. The third kappa shape index (κ3) is 1.19. The summed E-state index contributed by atoms with van der Waals surface area (Å²) in [5.74, 6) is 0.536. The third-order valence-electron chi connectivity index (χ3n) is 1.77. The molecule has 1 aromatic carbocycles. The van der Waals surface area contributed by atoms with Crippen LogP contribution in [0.3, 0.4) is 0 Å². The molecule has 0 aliphatic carbocycles. The van der Waals surface area contributed by atoms with Crippen LogP contribution >= 0.6 is 23.3 Å². The second kappa shape index (κ2) is 2.99. The Hall–Kier alpha value is -0.670. The molecule has 0 atom stereocenters. The molecule has 0 aliphatic rings. The van der Waals surface area contributed by atoms with Gasteiger partial charge in [0.05, 0.1) is 11.7 Å². The summed E-state index contributed by atoms with van der Waals surface area (Å²) in [5, 5.41) is 0. The molecule has 0 amide bonds. The first-order valence-corrected chi connectivity index (χ1v) is 4.85. The van der Waals surface area contributed by atoms with Gasteiger partial charge in [0.15, 0.2) is 0 Å². The van der Waals surface area contributed by atoms with Crippen molar-refractivity contribution >= 4 is 34.4 Å². The quantitative estimate of drug-likeness (QED) is 0.659.